The second kappa shape index (κ2) is 10.9. The summed E-state index contributed by atoms with van der Waals surface area (Å²) in [6, 6.07) is 0. The van der Waals surface area contributed by atoms with Crippen molar-refractivity contribution in [2.24, 2.45) is 29.6 Å². The van der Waals surface area contributed by atoms with Gasteiger partial charge in [-0.2, -0.15) is 8.78 Å². The Balaban J connectivity index is 1.32. The van der Waals surface area contributed by atoms with E-state index in [9.17, 15) is 8.78 Å². The summed E-state index contributed by atoms with van der Waals surface area (Å²) in [6.07, 6.45) is 13.7. The van der Waals surface area contributed by atoms with E-state index in [4.69, 9.17) is 9.47 Å². The Kier molecular flexibility index (Phi) is 8.57. The molecule has 156 valence electrons. The van der Waals surface area contributed by atoms with E-state index in [0.717, 1.165) is 31.6 Å². The topological polar surface area (TPSA) is 18.5 Å². The fourth-order valence-electron chi connectivity index (χ4n) is 5.61. The highest BCUT2D eigenvalue weighted by Gasteiger charge is 2.35. The SMILES string of the molecule is CCCC1CCC(C2OCC(C3CCC(CCC=C(F)F)CC3)CO2)CC1. The summed E-state index contributed by atoms with van der Waals surface area (Å²) >= 11 is 0. The largest absolute Gasteiger partial charge is 0.352 e. The van der Waals surface area contributed by atoms with Crippen molar-refractivity contribution < 1.29 is 18.3 Å². The van der Waals surface area contributed by atoms with Gasteiger partial charge in [0.15, 0.2) is 6.29 Å². The van der Waals surface area contributed by atoms with Gasteiger partial charge in [-0.05, 0) is 75.2 Å². The van der Waals surface area contributed by atoms with E-state index in [1.165, 1.54) is 64.2 Å². The zero-order chi connectivity index (χ0) is 19.1. The van der Waals surface area contributed by atoms with Crippen molar-refractivity contribution in [3.63, 3.8) is 0 Å². The van der Waals surface area contributed by atoms with Gasteiger partial charge in [-0.25, -0.2) is 0 Å². The fraction of sp³-hybridized carbons (Fsp3) is 0.913. The third kappa shape index (κ3) is 6.52. The maximum absolute atomic E-state index is 12.1. The van der Waals surface area contributed by atoms with Gasteiger partial charge in [0, 0.05) is 11.8 Å². The van der Waals surface area contributed by atoms with Crippen LogP contribution in [0.25, 0.3) is 0 Å². The predicted octanol–water partition coefficient (Wildman–Crippen LogP) is 6.95. The van der Waals surface area contributed by atoms with Gasteiger partial charge in [0.1, 0.15) is 0 Å². The molecule has 2 aliphatic carbocycles. The average Bonchev–Trinajstić information content (AvgIpc) is 2.69. The number of halogens is 2. The molecular formula is C23H38F2O2. The minimum absolute atomic E-state index is 0.0301. The lowest BCUT2D eigenvalue weighted by atomic mass is 9.74. The molecule has 0 atom stereocenters. The first kappa shape index (κ1) is 21.2. The minimum Gasteiger partial charge on any atom is -0.352 e. The molecule has 1 heterocycles. The molecule has 3 fully saturated rings. The Bertz CT molecular complexity index is 439. The Morgan fingerprint density at radius 1 is 0.778 bits per heavy atom. The first-order chi connectivity index (χ1) is 13.2. The molecule has 0 bridgehead atoms. The molecule has 3 rings (SSSR count). The number of rotatable bonds is 7. The van der Waals surface area contributed by atoms with Crippen molar-refractivity contribution in [3.8, 4) is 0 Å². The van der Waals surface area contributed by atoms with Crippen molar-refractivity contribution >= 4 is 0 Å². The Hall–Kier alpha value is -0.480. The summed E-state index contributed by atoms with van der Waals surface area (Å²) in [5.41, 5.74) is 0. The second-order valence-corrected chi connectivity index (χ2v) is 9.22. The van der Waals surface area contributed by atoms with Gasteiger partial charge in [-0.15, -0.1) is 0 Å². The van der Waals surface area contributed by atoms with E-state index < -0.39 is 6.08 Å². The zero-order valence-electron chi connectivity index (χ0n) is 17.0. The number of hydrogen-bond acceptors (Lipinski definition) is 2. The summed E-state index contributed by atoms with van der Waals surface area (Å²) in [4.78, 5) is 0. The van der Waals surface area contributed by atoms with Crippen LogP contribution in [0.3, 0.4) is 0 Å². The maximum atomic E-state index is 12.1. The van der Waals surface area contributed by atoms with Crippen LogP contribution in [0.2, 0.25) is 0 Å². The predicted molar refractivity (Wildman–Crippen MR) is 105 cm³/mol. The lowest BCUT2D eigenvalue weighted by Gasteiger charge is -2.41. The van der Waals surface area contributed by atoms with E-state index in [2.05, 4.69) is 6.92 Å². The van der Waals surface area contributed by atoms with Crippen LogP contribution in [0.5, 0.6) is 0 Å². The summed E-state index contributed by atoms with van der Waals surface area (Å²) < 4.78 is 36.7. The molecule has 0 aromatic rings. The number of ether oxygens (including phenoxy) is 2. The van der Waals surface area contributed by atoms with Crippen LogP contribution >= 0.6 is 0 Å². The van der Waals surface area contributed by atoms with Crippen LogP contribution in [-0.4, -0.2) is 19.5 Å². The first-order valence-electron chi connectivity index (χ1n) is 11.4. The summed E-state index contributed by atoms with van der Waals surface area (Å²) in [7, 11) is 0. The van der Waals surface area contributed by atoms with Crippen molar-refractivity contribution in [2.75, 3.05) is 13.2 Å². The average molecular weight is 385 g/mol. The van der Waals surface area contributed by atoms with E-state index >= 15 is 0 Å². The van der Waals surface area contributed by atoms with E-state index in [1.54, 1.807) is 0 Å². The molecule has 0 amide bonds. The molecule has 0 N–H and O–H groups in total. The van der Waals surface area contributed by atoms with E-state index in [-0.39, 0.29) is 6.29 Å². The van der Waals surface area contributed by atoms with Crippen LogP contribution in [-0.2, 0) is 9.47 Å². The van der Waals surface area contributed by atoms with Gasteiger partial charge >= 0.3 is 0 Å². The molecule has 0 unspecified atom stereocenters. The molecule has 2 saturated carbocycles. The van der Waals surface area contributed by atoms with Gasteiger partial charge in [-0.1, -0.05) is 32.6 Å². The Labute approximate surface area is 164 Å². The molecule has 4 heteroatoms. The van der Waals surface area contributed by atoms with Crippen LogP contribution in [0.15, 0.2) is 12.2 Å². The lowest BCUT2D eigenvalue weighted by Crippen LogP contribution is -2.41. The summed E-state index contributed by atoms with van der Waals surface area (Å²) in [6.45, 7) is 3.99. The number of allylic oxidation sites excluding steroid dienone is 1. The third-order valence-corrected chi connectivity index (χ3v) is 7.35. The van der Waals surface area contributed by atoms with Gasteiger partial charge in [0.05, 0.1) is 13.2 Å². The Morgan fingerprint density at radius 2 is 1.33 bits per heavy atom. The van der Waals surface area contributed by atoms with Crippen molar-refractivity contribution in [1.82, 2.24) is 0 Å². The number of hydrogen-bond donors (Lipinski definition) is 0. The summed E-state index contributed by atoms with van der Waals surface area (Å²) in [5.74, 6) is 3.36. The molecule has 0 radical (unpaired) electrons. The molecule has 1 aliphatic heterocycles. The van der Waals surface area contributed by atoms with Crippen LogP contribution < -0.4 is 0 Å². The molecule has 0 spiro atoms. The third-order valence-electron chi connectivity index (χ3n) is 7.35. The van der Waals surface area contributed by atoms with Crippen molar-refractivity contribution in [1.29, 1.82) is 0 Å². The highest BCUT2D eigenvalue weighted by molar-refractivity contribution is 4.84. The van der Waals surface area contributed by atoms with E-state index in [0.29, 0.717) is 30.1 Å². The molecule has 0 aromatic heterocycles. The Morgan fingerprint density at radius 3 is 1.89 bits per heavy atom. The maximum Gasteiger partial charge on any atom is 0.266 e. The normalized spacial score (nSPS) is 37.7. The minimum atomic E-state index is -1.53. The standard InChI is InChI=1S/C23H38F2O2/c1-2-4-17-9-13-20(14-10-17)23-26-15-21(16-27-23)19-11-7-18(8-12-19)5-3-6-22(24)25/h6,17-21,23H,2-5,7-16H2,1H3. The van der Waals surface area contributed by atoms with Gasteiger partial charge in [-0.3, -0.25) is 0 Å². The van der Waals surface area contributed by atoms with Crippen LogP contribution in [0, 0.1) is 29.6 Å². The van der Waals surface area contributed by atoms with Gasteiger partial charge in [0.2, 0.25) is 0 Å². The van der Waals surface area contributed by atoms with Gasteiger partial charge in [0.25, 0.3) is 6.08 Å². The lowest BCUT2D eigenvalue weighted by molar-refractivity contribution is -0.237. The monoisotopic (exact) mass is 384 g/mol. The first-order valence-corrected chi connectivity index (χ1v) is 11.4. The van der Waals surface area contributed by atoms with E-state index in [1.807, 2.05) is 0 Å². The fourth-order valence-corrected chi connectivity index (χ4v) is 5.61. The zero-order valence-corrected chi connectivity index (χ0v) is 17.0. The van der Waals surface area contributed by atoms with Crippen LogP contribution in [0.1, 0.15) is 84.0 Å². The smallest absolute Gasteiger partial charge is 0.266 e. The summed E-state index contributed by atoms with van der Waals surface area (Å²) in [5, 5.41) is 0. The molecule has 1 saturated heterocycles. The highest BCUT2D eigenvalue weighted by Crippen LogP contribution is 2.40. The van der Waals surface area contributed by atoms with Crippen molar-refractivity contribution in [3.05, 3.63) is 12.2 Å². The van der Waals surface area contributed by atoms with Gasteiger partial charge < -0.3 is 9.47 Å². The molecule has 0 aromatic carbocycles. The quantitative estimate of drug-likeness (QED) is 0.473. The molecule has 3 aliphatic rings. The molecular weight excluding hydrogens is 346 g/mol. The molecule has 27 heavy (non-hydrogen) atoms. The highest BCUT2D eigenvalue weighted by atomic mass is 19.3. The second-order valence-electron chi connectivity index (χ2n) is 9.22. The van der Waals surface area contributed by atoms with Crippen LogP contribution in [0.4, 0.5) is 8.78 Å². The van der Waals surface area contributed by atoms with Crippen molar-refractivity contribution in [2.45, 2.75) is 90.3 Å². The molecule has 2 nitrogen and oxygen atoms in total.